The quantitative estimate of drug-likeness (QED) is 0.733. The first kappa shape index (κ1) is 17.3. The van der Waals surface area contributed by atoms with Crippen LogP contribution in [-0.4, -0.2) is 38.4 Å². The molecule has 0 heterocycles. The number of amides is 1. The monoisotopic (exact) mass is 295 g/mol. The minimum absolute atomic E-state index is 0.142. The number of carbonyl (C=O) groups excluding carboxylic acids is 1. The third-order valence-electron chi connectivity index (χ3n) is 3.43. The van der Waals surface area contributed by atoms with Crippen LogP contribution in [0.25, 0.3) is 0 Å². The Morgan fingerprint density at radius 1 is 1.29 bits per heavy atom. The highest BCUT2D eigenvalue weighted by Crippen LogP contribution is 2.30. The molecular weight excluding hydrogens is 270 g/mol. The molecule has 1 aromatic carbocycles. The lowest BCUT2D eigenvalue weighted by Crippen LogP contribution is -2.30. The highest BCUT2D eigenvalue weighted by molar-refractivity contribution is 5.97. The van der Waals surface area contributed by atoms with E-state index in [4.69, 9.17) is 14.6 Å². The van der Waals surface area contributed by atoms with Crippen LogP contribution in [0, 0.1) is 5.92 Å². The first-order chi connectivity index (χ1) is 10.2. The molecule has 1 unspecified atom stereocenters. The van der Waals surface area contributed by atoms with E-state index in [1.165, 1.54) is 14.2 Å². The van der Waals surface area contributed by atoms with Crippen molar-refractivity contribution in [1.82, 2.24) is 5.32 Å². The summed E-state index contributed by atoms with van der Waals surface area (Å²) in [6.07, 6.45) is 2.71. The van der Waals surface area contributed by atoms with Crippen LogP contribution in [-0.2, 0) is 0 Å². The Morgan fingerprint density at radius 2 is 2.05 bits per heavy atom. The Hall–Kier alpha value is -1.75. The Bertz CT molecular complexity index is 442. The summed E-state index contributed by atoms with van der Waals surface area (Å²) in [5.41, 5.74) is 0.455. The summed E-state index contributed by atoms with van der Waals surface area (Å²) in [7, 11) is 3.05. The Kier molecular flexibility index (Phi) is 7.61. The summed E-state index contributed by atoms with van der Waals surface area (Å²) in [5.74, 6) is 1.07. The number of benzene rings is 1. The van der Waals surface area contributed by atoms with Gasteiger partial charge in [0.15, 0.2) is 11.5 Å². The third-order valence-corrected chi connectivity index (χ3v) is 3.43. The smallest absolute Gasteiger partial charge is 0.255 e. The van der Waals surface area contributed by atoms with E-state index >= 15 is 0 Å². The van der Waals surface area contributed by atoms with E-state index in [2.05, 4.69) is 12.2 Å². The highest BCUT2D eigenvalue weighted by atomic mass is 16.5. The maximum Gasteiger partial charge on any atom is 0.255 e. The normalized spacial score (nSPS) is 11.8. The number of nitrogens with one attached hydrogen (secondary N) is 1. The molecule has 0 bridgehead atoms. The predicted octanol–water partition coefficient (Wildman–Crippen LogP) is 2.23. The van der Waals surface area contributed by atoms with Gasteiger partial charge in [0, 0.05) is 13.2 Å². The molecule has 0 saturated carbocycles. The second-order valence-corrected chi connectivity index (χ2v) is 4.92. The van der Waals surface area contributed by atoms with Gasteiger partial charge >= 0.3 is 0 Å². The fourth-order valence-electron chi connectivity index (χ4n) is 2.34. The van der Waals surface area contributed by atoms with Gasteiger partial charge in [0.05, 0.1) is 19.8 Å². The van der Waals surface area contributed by atoms with Crippen LogP contribution in [0.2, 0.25) is 0 Å². The van der Waals surface area contributed by atoms with E-state index in [1.54, 1.807) is 18.2 Å². The highest BCUT2D eigenvalue weighted by Gasteiger charge is 2.17. The summed E-state index contributed by atoms with van der Waals surface area (Å²) in [6.45, 7) is 2.79. The SMILES string of the molecule is CCCC(CCO)CNC(=O)c1cccc(OC)c1OC. The number of carbonyl (C=O) groups is 1. The molecule has 0 aliphatic rings. The molecule has 0 aliphatic heterocycles. The number of hydrogen-bond donors (Lipinski definition) is 2. The number of rotatable bonds is 9. The third kappa shape index (κ3) is 4.93. The number of ether oxygens (including phenoxy) is 2. The van der Waals surface area contributed by atoms with Gasteiger partial charge in [-0.15, -0.1) is 0 Å². The standard InChI is InChI=1S/C16H25NO4/c1-4-6-12(9-10-18)11-17-16(19)13-7-5-8-14(20-2)15(13)21-3/h5,7-8,12,18H,4,6,9-11H2,1-3H3,(H,17,19). The van der Waals surface area contributed by atoms with Crippen molar-refractivity contribution in [1.29, 1.82) is 0 Å². The molecule has 0 saturated heterocycles. The van der Waals surface area contributed by atoms with Crippen molar-refractivity contribution in [3.8, 4) is 11.5 Å². The van der Waals surface area contributed by atoms with Crippen molar-refractivity contribution in [2.24, 2.45) is 5.92 Å². The van der Waals surface area contributed by atoms with Crippen LogP contribution < -0.4 is 14.8 Å². The van der Waals surface area contributed by atoms with Crippen LogP contribution in [0.15, 0.2) is 18.2 Å². The van der Waals surface area contributed by atoms with E-state index < -0.39 is 0 Å². The van der Waals surface area contributed by atoms with Crippen molar-refractivity contribution in [3.05, 3.63) is 23.8 Å². The van der Waals surface area contributed by atoms with Gasteiger partial charge in [0.2, 0.25) is 0 Å². The molecule has 21 heavy (non-hydrogen) atoms. The number of aliphatic hydroxyl groups excluding tert-OH is 1. The molecule has 118 valence electrons. The van der Waals surface area contributed by atoms with Crippen molar-refractivity contribution >= 4 is 5.91 Å². The van der Waals surface area contributed by atoms with Gasteiger partial charge in [0.1, 0.15) is 0 Å². The number of para-hydroxylation sites is 1. The zero-order valence-corrected chi connectivity index (χ0v) is 13.0. The summed E-state index contributed by atoms with van der Waals surface area (Å²) in [4.78, 5) is 12.3. The predicted molar refractivity (Wildman–Crippen MR) is 82.0 cm³/mol. The van der Waals surface area contributed by atoms with Crippen molar-refractivity contribution < 1.29 is 19.4 Å². The van der Waals surface area contributed by atoms with Gasteiger partial charge in [-0.3, -0.25) is 4.79 Å². The average molecular weight is 295 g/mol. The molecule has 5 nitrogen and oxygen atoms in total. The molecule has 0 aliphatic carbocycles. The van der Waals surface area contributed by atoms with Crippen molar-refractivity contribution in [2.45, 2.75) is 26.2 Å². The minimum Gasteiger partial charge on any atom is -0.493 e. The van der Waals surface area contributed by atoms with Crippen LogP contribution in [0.3, 0.4) is 0 Å². The van der Waals surface area contributed by atoms with Crippen molar-refractivity contribution in [2.75, 3.05) is 27.4 Å². The van der Waals surface area contributed by atoms with Gasteiger partial charge < -0.3 is 19.9 Å². The van der Waals surface area contributed by atoms with Gasteiger partial charge in [-0.1, -0.05) is 19.4 Å². The molecule has 2 N–H and O–H groups in total. The zero-order chi connectivity index (χ0) is 15.7. The molecule has 0 fully saturated rings. The fourth-order valence-corrected chi connectivity index (χ4v) is 2.34. The van der Waals surface area contributed by atoms with E-state index in [9.17, 15) is 4.79 Å². The maximum atomic E-state index is 12.3. The lowest BCUT2D eigenvalue weighted by molar-refractivity contribution is 0.0939. The van der Waals surface area contributed by atoms with Gasteiger partial charge in [-0.05, 0) is 30.9 Å². The Labute approximate surface area is 126 Å². The van der Waals surface area contributed by atoms with Crippen LogP contribution >= 0.6 is 0 Å². The fraction of sp³-hybridized carbons (Fsp3) is 0.562. The van der Waals surface area contributed by atoms with Crippen LogP contribution in [0.4, 0.5) is 0 Å². The number of aliphatic hydroxyl groups is 1. The first-order valence-corrected chi connectivity index (χ1v) is 7.27. The lowest BCUT2D eigenvalue weighted by Gasteiger charge is -2.17. The van der Waals surface area contributed by atoms with E-state index in [-0.39, 0.29) is 12.5 Å². The molecule has 1 rings (SSSR count). The van der Waals surface area contributed by atoms with Crippen molar-refractivity contribution in [3.63, 3.8) is 0 Å². The van der Waals surface area contributed by atoms with Crippen LogP contribution in [0.1, 0.15) is 36.5 Å². The van der Waals surface area contributed by atoms with Gasteiger partial charge in [0.25, 0.3) is 5.91 Å². The number of hydrogen-bond acceptors (Lipinski definition) is 4. The molecule has 5 heteroatoms. The van der Waals surface area contributed by atoms with E-state index in [1.807, 2.05) is 0 Å². The Morgan fingerprint density at radius 3 is 2.62 bits per heavy atom. The zero-order valence-electron chi connectivity index (χ0n) is 13.0. The van der Waals surface area contributed by atoms with Gasteiger partial charge in [-0.25, -0.2) is 0 Å². The summed E-state index contributed by atoms with van der Waals surface area (Å²) >= 11 is 0. The van der Waals surface area contributed by atoms with E-state index in [0.29, 0.717) is 35.9 Å². The molecule has 0 radical (unpaired) electrons. The molecule has 1 amide bonds. The number of methoxy groups -OCH3 is 2. The second-order valence-electron chi connectivity index (χ2n) is 4.92. The summed E-state index contributed by atoms with van der Waals surface area (Å²) in [6, 6.07) is 5.21. The lowest BCUT2D eigenvalue weighted by atomic mass is 10.00. The molecule has 0 spiro atoms. The first-order valence-electron chi connectivity index (χ1n) is 7.27. The topological polar surface area (TPSA) is 67.8 Å². The molecule has 1 atom stereocenters. The average Bonchev–Trinajstić information content (AvgIpc) is 2.51. The molecule has 0 aromatic heterocycles. The summed E-state index contributed by atoms with van der Waals surface area (Å²) < 4.78 is 10.5. The van der Waals surface area contributed by atoms with Crippen LogP contribution in [0.5, 0.6) is 11.5 Å². The largest absolute Gasteiger partial charge is 0.493 e. The van der Waals surface area contributed by atoms with E-state index in [0.717, 1.165) is 12.8 Å². The Balaban J connectivity index is 2.75. The molecular formula is C16H25NO4. The second kappa shape index (κ2) is 9.23. The molecule has 1 aromatic rings. The summed E-state index contributed by atoms with van der Waals surface area (Å²) in [5, 5.41) is 12.0. The minimum atomic E-state index is -0.190. The van der Waals surface area contributed by atoms with Gasteiger partial charge in [-0.2, -0.15) is 0 Å². The maximum absolute atomic E-state index is 12.3.